The fourth-order valence-electron chi connectivity index (χ4n) is 1.51. The number of benzene rings is 1. The summed E-state index contributed by atoms with van der Waals surface area (Å²) in [5.74, 6) is 0.958. The van der Waals surface area contributed by atoms with E-state index >= 15 is 0 Å². The second-order valence-corrected chi connectivity index (χ2v) is 21.3. The molecule has 3 heteroatoms. The normalized spacial score (nSPS) is 12.0. The molecular formula is C12H16OSSn. The Morgan fingerprint density at radius 1 is 1.13 bits per heavy atom. The summed E-state index contributed by atoms with van der Waals surface area (Å²) in [6, 6.07) is 8.71. The number of fused-ring (bicyclic) bond motifs is 1. The third-order valence-corrected chi connectivity index (χ3v) is 13.0. The molecule has 0 aliphatic carbocycles. The molecule has 0 aliphatic rings. The van der Waals surface area contributed by atoms with Gasteiger partial charge in [-0.05, 0) is 0 Å². The van der Waals surface area contributed by atoms with Gasteiger partial charge in [-0.15, -0.1) is 0 Å². The van der Waals surface area contributed by atoms with Gasteiger partial charge in [0.1, 0.15) is 0 Å². The van der Waals surface area contributed by atoms with Crippen molar-refractivity contribution in [1.82, 2.24) is 0 Å². The van der Waals surface area contributed by atoms with E-state index < -0.39 is 18.4 Å². The quantitative estimate of drug-likeness (QED) is 0.768. The Bertz CT molecular complexity index is 482. The molecule has 0 atom stereocenters. The van der Waals surface area contributed by atoms with Crippen molar-refractivity contribution in [3.05, 3.63) is 24.3 Å². The van der Waals surface area contributed by atoms with E-state index in [0.717, 1.165) is 5.75 Å². The van der Waals surface area contributed by atoms with E-state index in [2.05, 4.69) is 33.0 Å². The standard InChI is InChI=1S/C9H7OS.3CH3.Sn/c1-10-8-3-2-7-4-5-11-9(7)6-8;;;;/h2-4,6H,1H3;3*1H3;. The van der Waals surface area contributed by atoms with Crippen LogP contribution in [0.5, 0.6) is 5.75 Å². The predicted molar refractivity (Wildman–Crippen MR) is 71.4 cm³/mol. The van der Waals surface area contributed by atoms with Crippen LogP contribution < -0.4 is 7.63 Å². The Kier molecular flexibility index (Phi) is 2.99. The third-order valence-electron chi connectivity index (χ3n) is 2.47. The average molecular weight is 327 g/mol. The first kappa shape index (κ1) is 11.3. The molecule has 1 nitrogen and oxygen atoms in total. The van der Waals surface area contributed by atoms with E-state index in [0.29, 0.717) is 0 Å². The second-order valence-electron chi connectivity index (χ2n) is 4.76. The second kappa shape index (κ2) is 3.98. The Balaban J connectivity index is 2.56. The summed E-state index contributed by atoms with van der Waals surface area (Å²) >= 11 is 0.0643. The van der Waals surface area contributed by atoms with Crippen LogP contribution in [0.3, 0.4) is 0 Å². The molecule has 1 aromatic heterocycles. The van der Waals surface area contributed by atoms with Crippen LogP contribution in [0.2, 0.25) is 14.8 Å². The Labute approximate surface area is 98.9 Å². The summed E-state index contributed by atoms with van der Waals surface area (Å²) in [6.07, 6.45) is 0. The third kappa shape index (κ3) is 2.31. The number of hydrogen-bond donors (Lipinski definition) is 0. The monoisotopic (exact) mass is 328 g/mol. The summed E-state index contributed by atoms with van der Waals surface area (Å²) in [5.41, 5.74) is 0. The maximum absolute atomic E-state index is 5.24. The molecule has 0 unspecified atom stereocenters. The van der Waals surface area contributed by atoms with Crippen molar-refractivity contribution in [2.24, 2.45) is 0 Å². The van der Waals surface area contributed by atoms with Gasteiger partial charge >= 0.3 is 99.4 Å². The van der Waals surface area contributed by atoms with Gasteiger partial charge in [0.2, 0.25) is 0 Å². The minimum atomic E-state index is -1.88. The maximum atomic E-state index is 5.24. The first-order chi connectivity index (χ1) is 7.00. The fourth-order valence-corrected chi connectivity index (χ4v) is 7.90. The number of methoxy groups -OCH3 is 1. The first-order valence-corrected chi connectivity index (χ1v) is 15.9. The number of ether oxygens (including phenoxy) is 1. The molecule has 0 radical (unpaired) electrons. The molecule has 0 N–H and O–H groups in total. The Morgan fingerprint density at radius 3 is 2.47 bits per heavy atom. The van der Waals surface area contributed by atoms with Gasteiger partial charge < -0.3 is 0 Å². The van der Waals surface area contributed by atoms with Gasteiger partial charge in [-0.3, -0.25) is 0 Å². The molecule has 0 bridgehead atoms. The summed E-state index contributed by atoms with van der Waals surface area (Å²) < 4.78 is 8.23. The van der Waals surface area contributed by atoms with Crippen LogP contribution in [-0.4, -0.2) is 25.5 Å². The summed E-state index contributed by atoms with van der Waals surface area (Å²) in [7, 11) is 1.72. The zero-order valence-corrected chi connectivity index (χ0v) is 13.3. The summed E-state index contributed by atoms with van der Waals surface area (Å²) in [6.45, 7) is 0. The van der Waals surface area contributed by atoms with Gasteiger partial charge in [-0.2, -0.15) is 0 Å². The zero-order chi connectivity index (χ0) is 11.1. The van der Waals surface area contributed by atoms with Crippen LogP contribution >= 0.6 is 11.3 Å². The minimum absolute atomic E-state index is 0.958. The van der Waals surface area contributed by atoms with E-state index in [1.54, 1.807) is 10.0 Å². The van der Waals surface area contributed by atoms with Gasteiger partial charge in [0.15, 0.2) is 0 Å². The van der Waals surface area contributed by atoms with Crippen LogP contribution in [0.4, 0.5) is 0 Å². The van der Waals surface area contributed by atoms with Gasteiger partial charge in [0, 0.05) is 0 Å². The predicted octanol–water partition coefficient (Wildman–Crippen LogP) is 3.46. The van der Waals surface area contributed by atoms with E-state index in [1.165, 1.54) is 10.1 Å². The molecular weight excluding hydrogens is 311 g/mol. The number of rotatable bonds is 2. The van der Waals surface area contributed by atoms with E-state index in [4.69, 9.17) is 4.74 Å². The van der Waals surface area contributed by atoms with Crippen LogP contribution in [0.15, 0.2) is 24.3 Å². The molecule has 0 fully saturated rings. The molecule has 0 amide bonds. The molecule has 1 aromatic carbocycles. The van der Waals surface area contributed by atoms with Crippen LogP contribution in [-0.2, 0) is 0 Å². The fraction of sp³-hybridized carbons (Fsp3) is 0.333. The zero-order valence-electron chi connectivity index (χ0n) is 9.63. The average Bonchev–Trinajstić information content (AvgIpc) is 2.59. The molecule has 2 rings (SSSR count). The van der Waals surface area contributed by atoms with Crippen molar-refractivity contribution in [2.75, 3.05) is 7.11 Å². The SMILES string of the molecule is COc1ccc2c[c]([Sn]([CH3])([CH3])[CH3])sc2c1. The van der Waals surface area contributed by atoms with Crippen LogP contribution in [0, 0.1) is 0 Å². The molecule has 2 aromatic rings. The Morgan fingerprint density at radius 2 is 1.87 bits per heavy atom. The van der Waals surface area contributed by atoms with Gasteiger partial charge in [-0.1, -0.05) is 0 Å². The van der Waals surface area contributed by atoms with E-state index in [1.807, 2.05) is 17.4 Å². The van der Waals surface area contributed by atoms with Gasteiger partial charge in [-0.25, -0.2) is 0 Å². The van der Waals surface area contributed by atoms with Crippen molar-refractivity contribution >= 4 is 42.7 Å². The Hall–Kier alpha value is -0.221. The van der Waals surface area contributed by atoms with Crippen molar-refractivity contribution in [3.63, 3.8) is 0 Å². The van der Waals surface area contributed by atoms with Crippen molar-refractivity contribution in [2.45, 2.75) is 14.8 Å². The molecule has 0 spiro atoms. The number of thiophene rings is 1. The number of hydrogen-bond acceptors (Lipinski definition) is 2. The first-order valence-electron chi connectivity index (χ1n) is 5.09. The van der Waals surface area contributed by atoms with E-state index in [-0.39, 0.29) is 0 Å². The van der Waals surface area contributed by atoms with Gasteiger partial charge in [0.25, 0.3) is 0 Å². The molecule has 1 heterocycles. The van der Waals surface area contributed by atoms with Crippen LogP contribution in [0.25, 0.3) is 10.1 Å². The topological polar surface area (TPSA) is 9.23 Å². The summed E-state index contributed by atoms with van der Waals surface area (Å²) in [4.78, 5) is 7.36. The van der Waals surface area contributed by atoms with Crippen molar-refractivity contribution < 1.29 is 4.74 Å². The summed E-state index contributed by atoms with van der Waals surface area (Å²) in [5, 5.41) is 1.36. The van der Waals surface area contributed by atoms with Crippen molar-refractivity contribution in [3.8, 4) is 5.75 Å². The van der Waals surface area contributed by atoms with Gasteiger partial charge in [0.05, 0.1) is 0 Å². The molecule has 80 valence electrons. The molecule has 15 heavy (non-hydrogen) atoms. The molecule has 0 aliphatic heterocycles. The van der Waals surface area contributed by atoms with Crippen molar-refractivity contribution in [1.29, 1.82) is 0 Å². The molecule has 0 saturated carbocycles. The van der Waals surface area contributed by atoms with Crippen LogP contribution in [0.1, 0.15) is 0 Å². The van der Waals surface area contributed by atoms with E-state index in [9.17, 15) is 0 Å². The molecule has 0 saturated heterocycles.